The van der Waals surface area contributed by atoms with Gasteiger partial charge in [-0.3, -0.25) is 15.1 Å². The second-order valence-corrected chi connectivity index (χ2v) is 7.54. The topological polar surface area (TPSA) is 125 Å². The third kappa shape index (κ3) is 3.64. The summed E-state index contributed by atoms with van der Waals surface area (Å²) in [5.74, 6) is 1.47. The van der Waals surface area contributed by atoms with E-state index in [1.807, 2.05) is 6.07 Å². The number of amides is 3. The van der Waals surface area contributed by atoms with Gasteiger partial charge in [0.2, 0.25) is 0 Å². The predicted octanol–water partition coefficient (Wildman–Crippen LogP) is 2.52. The molecule has 5 rings (SSSR count). The maximum atomic E-state index is 11.9. The summed E-state index contributed by atoms with van der Waals surface area (Å²) < 4.78 is 1.67. The summed E-state index contributed by atoms with van der Waals surface area (Å²) in [4.78, 5) is 31.9. The Morgan fingerprint density at radius 3 is 2.87 bits per heavy atom. The van der Waals surface area contributed by atoms with Crippen molar-refractivity contribution in [3.05, 3.63) is 47.0 Å². The van der Waals surface area contributed by atoms with Crippen molar-refractivity contribution in [1.82, 2.24) is 30.2 Å². The largest absolute Gasteiger partial charge is 0.370 e. The first-order valence-electron chi connectivity index (χ1n) is 9.40. The number of fused-ring (bicyclic) bond motifs is 1. The molecule has 0 bridgehead atoms. The number of nitrogens with one attached hydrogen (secondary N) is 4. The smallest absolute Gasteiger partial charge is 0.326 e. The van der Waals surface area contributed by atoms with Gasteiger partial charge in [-0.1, -0.05) is 11.6 Å². The van der Waals surface area contributed by atoms with Gasteiger partial charge in [0.25, 0.3) is 5.91 Å². The zero-order valence-electron chi connectivity index (χ0n) is 15.6. The van der Waals surface area contributed by atoms with Crippen LogP contribution in [0.1, 0.15) is 18.4 Å². The Balaban J connectivity index is 1.56. The molecule has 1 saturated carbocycles. The summed E-state index contributed by atoms with van der Waals surface area (Å²) in [5, 5.41) is 16.1. The van der Waals surface area contributed by atoms with Gasteiger partial charge in [0.15, 0.2) is 5.65 Å². The lowest BCUT2D eigenvalue weighted by atomic mass is 10.2. The fraction of sp³-hybridized carbons (Fsp3) is 0.211. The molecule has 0 aromatic carbocycles. The predicted molar refractivity (Wildman–Crippen MR) is 111 cm³/mol. The molecule has 2 fully saturated rings. The number of rotatable bonds is 6. The van der Waals surface area contributed by atoms with Crippen LogP contribution in [0.25, 0.3) is 11.7 Å². The molecule has 152 valence electrons. The van der Waals surface area contributed by atoms with Crippen LogP contribution in [0.4, 0.5) is 22.1 Å². The van der Waals surface area contributed by atoms with Crippen LogP contribution in [-0.2, 0) is 4.79 Å². The Morgan fingerprint density at radius 1 is 1.27 bits per heavy atom. The van der Waals surface area contributed by atoms with Crippen molar-refractivity contribution in [2.45, 2.75) is 12.8 Å². The van der Waals surface area contributed by atoms with E-state index < -0.39 is 11.9 Å². The van der Waals surface area contributed by atoms with Crippen molar-refractivity contribution in [3.8, 4) is 0 Å². The molecule has 1 aliphatic carbocycles. The van der Waals surface area contributed by atoms with Gasteiger partial charge in [-0.2, -0.15) is 9.61 Å². The number of hydrogen-bond donors (Lipinski definition) is 4. The Hall–Kier alpha value is -3.66. The molecule has 30 heavy (non-hydrogen) atoms. The van der Waals surface area contributed by atoms with E-state index in [-0.39, 0.29) is 5.70 Å². The summed E-state index contributed by atoms with van der Waals surface area (Å²) >= 11 is 6.22. The van der Waals surface area contributed by atoms with Gasteiger partial charge in [0, 0.05) is 30.6 Å². The fourth-order valence-electron chi connectivity index (χ4n) is 3.09. The van der Waals surface area contributed by atoms with E-state index in [2.05, 4.69) is 36.3 Å². The molecule has 3 aromatic heterocycles. The molecule has 4 heterocycles. The molecule has 2 aliphatic rings. The minimum absolute atomic E-state index is 0.139. The highest BCUT2D eigenvalue weighted by atomic mass is 35.5. The zero-order chi connectivity index (χ0) is 20.7. The van der Waals surface area contributed by atoms with Crippen LogP contribution >= 0.6 is 11.6 Å². The Kier molecular flexibility index (Phi) is 4.47. The molecule has 10 nitrogen and oxygen atoms in total. The Labute approximate surface area is 175 Å². The molecule has 0 spiro atoms. The highest BCUT2D eigenvalue weighted by Gasteiger charge is 2.24. The normalized spacial score (nSPS) is 17.3. The van der Waals surface area contributed by atoms with Crippen LogP contribution in [0.3, 0.4) is 0 Å². The third-order valence-electron chi connectivity index (χ3n) is 4.82. The summed E-state index contributed by atoms with van der Waals surface area (Å²) in [5.41, 5.74) is 1.91. The second kappa shape index (κ2) is 7.30. The lowest BCUT2D eigenvalue weighted by molar-refractivity contribution is -0.115. The standard InChI is InChI=1S/C19H17ClN8O2/c20-12-9-21-4-3-13(12)24-15-6-16(22-7-10-1-2-10)28-17(26-15)11(8-23-28)5-14-18(29)27-19(30)25-14/h3-6,8-10,22H,1-2,7H2,(H,21,24,26)(H2,25,27,29,30)/b14-5-. The van der Waals surface area contributed by atoms with E-state index in [1.165, 1.54) is 12.8 Å². The highest BCUT2D eigenvalue weighted by Crippen LogP contribution is 2.30. The number of imide groups is 1. The van der Waals surface area contributed by atoms with Crippen LogP contribution in [0.2, 0.25) is 5.02 Å². The molecule has 1 aliphatic heterocycles. The molecule has 3 amide bonds. The van der Waals surface area contributed by atoms with Crippen LogP contribution in [0.15, 0.2) is 36.4 Å². The minimum atomic E-state index is -0.558. The first-order valence-corrected chi connectivity index (χ1v) is 9.78. The van der Waals surface area contributed by atoms with Crippen LogP contribution in [0.5, 0.6) is 0 Å². The summed E-state index contributed by atoms with van der Waals surface area (Å²) in [6.45, 7) is 0.837. The van der Waals surface area contributed by atoms with Gasteiger partial charge in [-0.25, -0.2) is 9.78 Å². The summed E-state index contributed by atoms with van der Waals surface area (Å²) in [7, 11) is 0. The number of urea groups is 1. The quantitative estimate of drug-likeness (QED) is 0.354. The monoisotopic (exact) mass is 424 g/mol. The van der Waals surface area contributed by atoms with E-state index in [1.54, 1.807) is 35.2 Å². The first kappa shape index (κ1) is 18.4. The maximum absolute atomic E-state index is 11.9. The van der Waals surface area contributed by atoms with E-state index >= 15 is 0 Å². The number of pyridine rings is 1. The van der Waals surface area contributed by atoms with Gasteiger partial charge in [0.1, 0.15) is 17.3 Å². The van der Waals surface area contributed by atoms with Gasteiger partial charge in [-0.05, 0) is 30.9 Å². The molecule has 1 saturated heterocycles. The number of carbonyl (C=O) groups is 2. The number of anilines is 3. The van der Waals surface area contributed by atoms with Crippen LogP contribution in [0, 0.1) is 5.92 Å². The first-order chi connectivity index (χ1) is 14.6. The van der Waals surface area contributed by atoms with Crippen molar-refractivity contribution in [1.29, 1.82) is 0 Å². The Morgan fingerprint density at radius 2 is 2.13 bits per heavy atom. The average molecular weight is 425 g/mol. The number of nitrogens with zero attached hydrogens (tertiary/aromatic N) is 4. The SMILES string of the molecule is O=C1NC(=O)/C(=C/c2cnn3c(NCC4CC4)cc(Nc4ccncc4Cl)nc23)N1. The highest BCUT2D eigenvalue weighted by molar-refractivity contribution is 6.33. The van der Waals surface area contributed by atoms with E-state index in [0.717, 1.165) is 12.4 Å². The number of aromatic nitrogens is 4. The third-order valence-corrected chi connectivity index (χ3v) is 5.12. The van der Waals surface area contributed by atoms with Crippen molar-refractivity contribution >= 4 is 52.6 Å². The van der Waals surface area contributed by atoms with Crippen LogP contribution < -0.4 is 21.3 Å². The van der Waals surface area contributed by atoms with Crippen LogP contribution in [-0.4, -0.2) is 38.1 Å². The van der Waals surface area contributed by atoms with E-state index in [9.17, 15) is 9.59 Å². The molecule has 4 N–H and O–H groups in total. The molecule has 3 aromatic rings. The van der Waals surface area contributed by atoms with E-state index in [0.29, 0.717) is 33.7 Å². The maximum Gasteiger partial charge on any atom is 0.326 e. The molecule has 0 unspecified atom stereocenters. The second-order valence-electron chi connectivity index (χ2n) is 7.13. The summed E-state index contributed by atoms with van der Waals surface area (Å²) in [6, 6.07) is 3.04. The van der Waals surface area contributed by atoms with Gasteiger partial charge in [0.05, 0.1) is 16.9 Å². The van der Waals surface area contributed by atoms with Crippen molar-refractivity contribution in [2.75, 3.05) is 17.2 Å². The number of halogens is 1. The number of carbonyl (C=O) groups excluding carboxylic acids is 2. The van der Waals surface area contributed by atoms with Crippen molar-refractivity contribution in [3.63, 3.8) is 0 Å². The van der Waals surface area contributed by atoms with Gasteiger partial charge in [-0.15, -0.1) is 0 Å². The molecular formula is C19H17ClN8O2. The summed E-state index contributed by atoms with van der Waals surface area (Å²) in [6.07, 6.45) is 8.75. The Bertz CT molecular complexity index is 1200. The van der Waals surface area contributed by atoms with Gasteiger partial charge >= 0.3 is 6.03 Å². The lowest BCUT2D eigenvalue weighted by Crippen LogP contribution is -2.22. The molecule has 0 atom stereocenters. The lowest BCUT2D eigenvalue weighted by Gasteiger charge is -2.12. The molecule has 11 heteroatoms. The minimum Gasteiger partial charge on any atom is -0.370 e. The fourth-order valence-corrected chi connectivity index (χ4v) is 3.26. The van der Waals surface area contributed by atoms with Crippen molar-refractivity contribution < 1.29 is 9.59 Å². The molecule has 0 radical (unpaired) electrons. The van der Waals surface area contributed by atoms with E-state index in [4.69, 9.17) is 11.6 Å². The van der Waals surface area contributed by atoms with Gasteiger partial charge < -0.3 is 16.0 Å². The number of hydrogen-bond acceptors (Lipinski definition) is 7. The zero-order valence-corrected chi connectivity index (χ0v) is 16.4. The average Bonchev–Trinajstić information content (AvgIpc) is 3.39. The molecular weight excluding hydrogens is 408 g/mol. The van der Waals surface area contributed by atoms with Crippen molar-refractivity contribution in [2.24, 2.45) is 5.92 Å².